The molecule has 2 aromatic rings. The van der Waals surface area contributed by atoms with Crippen LogP contribution in [0, 0.1) is 19.8 Å². The lowest BCUT2D eigenvalue weighted by molar-refractivity contribution is 0.664. The van der Waals surface area contributed by atoms with Crippen molar-refractivity contribution in [3.63, 3.8) is 0 Å². The minimum atomic E-state index is 0.425. The van der Waals surface area contributed by atoms with E-state index in [-0.39, 0.29) is 0 Å². The fourth-order valence-corrected chi connectivity index (χ4v) is 2.28. The van der Waals surface area contributed by atoms with Gasteiger partial charge in [-0.1, -0.05) is 32.0 Å². The first kappa shape index (κ1) is 18.8. The number of guanidine groups is 1. The summed E-state index contributed by atoms with van der Waals surface area (Å²) in [6.45, 7) is 8.73. The van der Waals surface area contributed by atoms with Crippen LogP contribution in [0.25, 0.3) is 0 Å². The van der Waals surface area contributed by atoms with Gasteiger partial charge < -0.3 is 10.6 Å². The third-order valence-electron chi connectivity index (χ3n) is 3.09. The van der Waals surface area contributed by atoms with E-state index >= 15 is 0 Å². The Bertz CT molecular complexity index is 722. The molecular formula is C18H24N6S. The summed E-state index contributed by atoms with van der Waals surface area (Å²) in [5.74, 6) is 1.44. The predicted molar refractivity (Wildman–Crippen MR) is 108 cm³/mol. The van der Waals surface area contributed by atoms with E-state index in [0.717, 1.165) is 17.1 Å². The van der Waals surface area contributed by atoms with Crippen LogP contribution < -0.4 is 16.0 Å². The van der Waals surface area contributed by atoms with Crippen LogP contribution in [0.4, 0.5) is 11.6 Å². The molecule has 1 aromatic heterocycles. The number of para-hydroxylation sites is 1. The van der Waals surface area contributed by atoms with Gasteiger partial charge in [0, 0.05) is 23.6 Å². The molecule has 0 saturated heterocycles. The van der Waals surface area contributed by atoms with Crippen LogP contribution in [-0.4, -0.2) is 27.6 Å². The van der Waals surface area contributed by atoms with E-state index < -0.39 is 0 Å². The quantitative estimate of drug-likeness (QED) is 0.442. The molecule has 6 nitrogen and oxygen atoms in total. The highest BCUT2D eigenvalue weighted by Gasteiger charge is 2.07. The topological polar surface area (TPSA) is 74.2 Å². The van der Waals surface area contributed by atoms with E-state index in [4.69, 9.17) is 12.2 Å². The molecule has 1 heterocycles. The molecule has 0 aliphatic rings. The molecule has 0 amide bonds. The number of nitrogens with zero attached hydrogens (tertiary/aromatic N) is 3. The van der Waals surface area contributed by atoms with Gasteiger partial charge in [-0.15, -0.1) is 0 Å². The molecule has 0 atom stereocenters. The molecule has 132 valence electrons. The van der Waals surface area contributed by atoms with E-state index in [0.29, 0.717) is 29.5 Å². The number of rotatable bonds is 4. The number of hydrogen-bond acceptors (Lipinski definition) is 4. The largest absolute Gasteiger partial charge is 0.332 e. The minimum Gasteiger partial charge on any atom is -0.332 e. The summed E-state index contributed by atoms with van der Waals surface area (Å²) < 4.78 is 0. The lowest BCUT2D eigenvalue weighted by Gasteiger charge is -2.14. The maximum atomic E-state index is 5.38. The number of aliphatic imine (C=N–C) groups is 1. The molecule has 0 bridgehead atoms. The van der Waals surface area contributed by atoms with Crippen molar-refractivity contribution in [2.24, 2.45) is 10.9 Å². The number of hydrogen-bond donors (Lipinski definition) is 3. The van der Waals surface area contributed by atoms with Gasteiger partial charge in [0.2, 0.25) is 11.9 Å². The summed E-state index contributed by atoms with van der Waals surface area (Å²) in [6, 6.07) is 11.7. The zero-order valence-electron chi connectivity index (χ0n) is 15.0. The fourth-order valence-electron chi connectivity index (χ4n) is 2.06. The molecule has 0 aliphatic heterocycles. The average molecular weight is 356 g/mol. The van der Waals surface area contributed by atoms with Crippen molar-refractivity contribution in [1.82, 2.24) is 15.3 Å². The second-order valence-corrected chi connectivity index (χ2v) is 6.54. The Hall–Kier alpha value is -2.54. The Labute approximate surface area is 154 Å². The number of aromatic nitrogens is 2. The smallest absolute Gasteiger partial charge is 0.229 e. The molecule has 0 radical (unpaired) electrons. The summed E-state index contributed by atoms with van der Waals surface area (Å²) >= 11 is 5.38. The third kappa shape index (κ3) is 6.84. The van der Waals surface area contributed by atoms with Crippen LogP contribution in [0.2, 0.25) is 0 Å². The van der Waals surface area contributed by atoms with Crippen molar-refractivity contribution in [1.29, 1.82) is 0 Å². The molecule has 1 aromatic carbocycles. The maximum absolute atomic E-state index is 5.38. The van der Waals surface area contributed by atoms with Crippen molar-refractivity contribution < 1.29 is 0 Å². The van der Waals surface area contributed by atoms with E-state index in [1.54, 1.807) is 0 Å². The van der Waals surface area contributed by atoms with E-state index in [9.17, 15) is 0 Å². The highest BCUT2D eigenvalue weighted by atomic mass is 32.1. The van der Waals surface area contributed by atoms with E-state index in [1.165, 1.54) is 0 Å². The first-order valence-corrected chi connectivity index (χ1v) is 8.60. The first-order valence-electron chi connectivity index (χ1n) is 8.19. The van der Waals surface area contributed by atoms with Gasteiger partial charge in [0.05, 0.1) is 0 Å². The Kier molecular flexibility index (Phi) is 6.82. The molecule has 0 unspecified atom stereocenters. The van der Waals surface area contributed by atoms with Crippen LogP contribution in [-0.2, 0) is 0 Å². The van der Waals surface area contributed by atoms with Crippen molar-refractivity contribution in [2.75, 3.05) is 17.2 Å². The van der Waals surface area contributed by atoms with Gasteiger partial charge in [-0.2, -0.15) is 0 Å². The van der Waals surface area contributed by atoms with Gasteiger partial charge in [-0.05, 0) is 50.2 Å². The Morgan fingerprint density at radius 2 is 1.72 bits per heavy atom. The zero-order chi connectivity index (χ0) is 18.2. The summed E-state index contributed by atoms with van der Waals surface area (Å²) in [7, 11) is 0. The van der Waals surface area contributed by atoms with Gasteiger partial charge >= 0.3 is 0 Å². The van der Waals surface area contributed by atoms with Crippen molar-refractivity contribution in [3.8, 4) is 0 Å². The number of nitrogens with one attached hydrogen (secondary N) is 3. The molecule has 0 saturated carbocycles. The summed E-state index contributed by atoms with van der Waals surface area (Å²) in [5, 5.41) is 9.79. The minimum absolute atomic E-state index is 0.425. The molecular weight excluding hydrogens is 332 g/mol. The van der Waals surface area contributed by atoms with Gasteiger partial charge in [-0.3, -0.25) is 10.3 Å². The summed E-state index contributed by atoms with van der Waals surface area (Å²) in [4.78, 5) is 13.3. The summed E-state index contributed by atoms with van der Waals surface area (Å²) in [5.41, 5.74) is 2.69. The molecule has 0 aliphatic carbocycles. The molecule has 0 spiro atoms. The van der Waals surface area contributed by atoms with Crippen molar-refractivity contribution in [2.45, 2.75) is 27.7 Å². The Morgan fingerprint density at radius 3 is 2.32 bits per heavy atom. The SMILES string of the molecule is Cc1cc(C)nc(NC(=NCC(C)C)NC(=S)Nc2ccccc2)n1. The normalized spacial score (nSPS) is 11.3. The molecule has 2 rings (SSSR count). The molecule has 25 heavy (non-hydrogen) atoms. The standard InChI is InChI=1S/C18H24N6S/c1-12(2)11-19-16(23-17-20-13(3)10-14(4)21-17)24-18(25)22-15-8-6-5-7-9-15/h5-10,12H,11H2,1-4H3,(H3,19,20,21,22,23,24,25). The maximum Gasteiger partial charge on any atom is 0.229 e. The van der Waals surface area contributed by atoms with Crippen LogP contribution in [0.15, 0.2) is 41.4 Å². The molecule has 3 N–H and O–H groups in total. The molecule has 7 heteroatoms. The first-order chi connectivity index (χ1) is 11.9. The second kappa shape index (κ2) is 9.08. The highest BCUT2D eigenvalue weighted by Crippen LogP contribution is 2.06. The van der Waals surface area contributed by atoms with E-state index in [1.807, 2.05) is 50.2 Å². The number of benzene rings is 1. The number of anilines is 2. The number of aryl methyl sites for hydroxylation is 2. The van der Waals surface area contributed by atoms with Crippen LogP contribution in [0.1, 0.15) is 25.2 Å². The van der Waals surface area contributed by atoms with Crippen LogP contribution in [0.5, 0.6) is 0 Å². The van der Waals surface area contributed by atoms with E-state index in [2.05, 4.69) is 44.8 Å². The van der Waals surface area contributed by atoms with Crippen LogP contribution in [0.3, 0.4) is 0 Å². The average Bonchev–Trinajstić information content (AvgIpc) is 2.52. The van der Waals surface area contributed by atoms with Gasteiger partial charge in [0.15, 0.2) is 5.11 Å². The Balaban J connectivity index is 2.09. The van der Waals surface area contributed by atoms with Crippen molar-refractivity contribution in [3.05, 3.63) is 47.8 Å². The lowest BCUT2D eigenvalue weighted by atomic mass is 10.2. The second-order valence-electron chi connectivity index (χ2n) is 6.13. The van der Waals surface area contributed by atoms with Crippen molar-refractivity contribution >= 4 is 34.9 Å². The highest BCUT2D eigenvalue weighted by molar-refractivity contribution is 7.80. The fraction of sp³-hybridized carbons (Fsp3) is 0.333. The predicted octanol–water partition coefficient (Wildman–Crippen LogP) is 3.50. The lowest BCUT2D eigenvalue weighted by Crippen LogP contribution is -2.39. The Morgan fingerprint density at radius 1 is 1.08 bits per heavy atom. The third-order valence-corrected chi connectivity index (χ3v) is 3.29. The van der Waals surface area contributed by atoms with Gasteiger partial charge in [0.1, 0.15) is 0 Å². The molecule has 0 fully saturated rings. The zero-order valence-corrected chi connectivity index (χ0v) is 15.8. The summed E-state index contributed by atoms with van der Waals surface area (Å²) in [6.07, 6.45) is 0. The van der Waals surface area contributed by atoms with Gasteiger partial charge in [-0.25, -0.2) is 9.97 Å². The number of thiocarbonyl (C=S) groups is 1. The van der Waals surface area contributed by atoms with Crippen LogP contribution >= 0.6 is 12.2 Å². The monoisotopic (exact) mass is 356 g/mol. The van der Waals surface area contributed by atoms with Gasteiger partial charge in [0.25, 0.3) is 0 Å².